The molecule has 3 heterocycles. The van der Waals surface area contributed by atoms with Gasteiger partial charge in [-0.15, -0.1) is 5.10 Å². The number of aromatic nitrogens is 3. The van der Waals surface area contributed by atoms with E-state index in [2.05, 4.69) is 10.4 Å². The van der Waals surface area contributed by atoms with Crippen molar-refractivity contribution in [3.8, 4) is 0 Å². The first-order valence-corrected chi connectivity index (χ1v) is 8.52. The summed E-state index contributed by atoms with van der Waals surface area (Å²) in [6, 6.07) is 9.77. The Kier molecular flexibility index (Phi) is 4.01. The molecule has 1 saturated heterocycles. The number of carbonyl (C=O) groups excluding carboxylic acids is 1. The Balaban J connectivity index is 1.59. The van der Waals surface area contributed by atoms with Crippen molar-refractivity contribution in [1.29, 1.82) is 0 Å². The Bertz CT molecular complexity index is 999. The third-order valence-corrected chi connectivity index (χ3v) is 4.59. The molecule has 7 nitrogen and oxygen atoms in total. The van der Waals surface area contributed by atoms with Crippen LogP contribution >= 0.6 is 0 Å². The molecule has 7 heteroatoms. The summed E-state index contributed by atoms with van der Waals surface area (Å²) in [4.78, 5) is 24.7. The molecule has 130 valence electrons. The highest BCUT2D eigenvalue weighted by molar-refractivity contribution is 5.83. The molecule has 2 aromatic heterocycles. The van der Waals surface area contributed by atoms with Crippen LogP contribution in [0.1, 0.15) is 18.4 Å². The van der Waals surface area contributed by atoms with E-state index in [1.165, 1.54) is 4.68 Å². The molecule has 4 rings (SSSR count). The Morgan fingerprint density at radius 3 is 3.04 bits per heavy atom. The van der Waals surface area contributed by atoms with Crippen LogP contribution in [0, 0.1) is 6.92 Å². The quantitative estimate of drug-likeness (QED) is 0.775. The molecule has 0 bridgehead atoms. The number of rotatable bonds is 4. The minimum Gasteiger partial charge on any atom is -0.368 e. The Hall–Kier alpha value is -2.67. The van der Waals surface area contributed by atoms with Gasteiger partial charge in [0.1, 0.15) is 6.10 Å². The lowest BCUT2D eigenvalue weighted by Crippen LogP contribution is -2.37. The SMILES string of the molecule is Cc1cc2ccccc2n2c(=O)n(CCNC(=O)[C@@H]3CCCO3)nc12. The van der Waals surface area contributed by atoms with Crippen LogP contribution in [-0.2, 0) is 16.1 Å². The minimum absolute atomic E-state index is 0.115. The number of hydrogen-bond acceptors (Lipinski definition) is 4. The fourth-order valence-electron chi connectivity index (χ4n) is 3.32. The average Bonchev–Trinajstić information content (AvgIpc) is 3.25. The summed E-state index contributed by atoms with van der Waals surface area (Å²) in [6.45, 7) is 3.25. The van der Waals surface area contributed by atoms with Crippen LogP contribution in [0.5, 0.6) is 0 Å². The van der Waals surface area contributed by atoms with Crippen molar-refractivity contribution in [2.75, 3.05) is 13.2 Å². The molecule has 1 fully saturated rings. The molecule has 25 heavy (non-hydrogen) atoms. The fraction of sp³-hybridized carbons (Fsp3) is 0.389. The number of nitrogens with zero attached hydrogens (tertiary/aromatic N) is 3. The van der Waals surface area contributed by atoms with Gasteiger partial charge in [0.05, 0.1) is 12.1 Å². The molecule has 1 aliphatic heterocycles. The second-order valence-corrected chi connectivity index (χ2v) is 6.34. The number of nitrogens with one attached hydrogen (secondary N) is 1. The molecule has 1 aromatic carbocycles. The number of ether oxygens (including phenoxy) is 1. The van der Waals surface area contributed by atoms with Crippen LogP contribution < -0.4 is 11.0 Å². The standard InChI is InChI=1S/C18H20N4O3/c1-12-11-13-5-2-3-6-14(13)22-16(12)20-21(18(22)24)9-8-19-17(23)15-7-4-10-25-15/h2-3,5-6,11,15H,4,7-10H2,1H3,(H,19,23)/t15-/m0/s1. The highest BCUT2D eigenvalue weighted by atomic mass is 16.5. The van der Waals surface area contributed by atoms with E-state index in [9.17, 15) is 9.59 Å². The Labute approximate surface area is 144 Å². The number of pyridine rings is 1. The second kappa shape index (κ2) is 6.33. The minimum atomic E-state index is -0.357. The molecule has 0 unspecified atom stereocenters. The summed E-state index contributed by atoms with van der Waals surface area (Å²) in [6.07, 6.45) is 1.31. The van der Waals surface area contributed by atoms with Crippen molar-refractivity contribution in [2.24, 2.45) is 0 Å². The normalized spacial score (nSPS) is 17.4. The topological polar surface area (TPSA) is 77.6 Å². The zero-order valence-electron chi connectivity index (χ0n) is 14.1. The fourth-order valence-corrected chi connectivity index (χ4v) is 3.32. The molecular weight excluding hydrogens is 320 g/mol. The summed E-state index contributed by atoms with van der Waals surface area (Å²) < 4.78 is 8.39. The molecule has 0 saturated carbocycles. The first kappa shape index (κ1) is 15.8. The zero-order valence-corrected chi connectivity index (χ0v) is 14.1. The van der Waals surface area contributed by atoms with Crippen LogP contribution in [-0.4, -0.2) is 39.3 Å². The van der Waals surface area contributed by atoms with E-state index in [0.717, 1.165) is 29.3 Å². The summed E-state index contributed by atoms with van der Waals surface area (Å²) >= 11 is 0. The van der Waals surface area contributed by atoms with E-state index >= 15 is 0 Å². The third-order valence-electron chi connectivity index (χ3n) is 4.59. The third kappa shape index (κ3) is 2.80. The molecule has 1 atom stereocenters. The summed E-state index contributed by atoms with van der Waals surface area (Å²) in [5, 5.41) is 8.27. The molecular formula is C18H20N4O3. The van der Waals surface area contributed by atoms with Gasteiger partial charge in [0.25, 0.3) is 0 Å². The van der Waals surface area contributed by atoms with E-state index in [0.29, 0.717) is 25.3 Å². The van der Waals surface area contributed by atoms with Crippen LogP contribution in [0.4, 0.5) is 0 Å². The van der Waals surface area contributed by atoms with E-state index in [1.54, 1.807) is 4.40 Å². The van der Waals surface area contributed by atoms with Gasteiger partial charge in [0.2, 0.25) is 5.91 Å². The maximum absolute atomic E-state index is 12.8. The number of para-hydroxylation sites is 1. The largest absolute Gasteiger partial charge is 0.368 e. The monoisotopic (exact) mass is 340 g/mol. The molecule has 0 spiro atoms. The maximum atomic E-state index is 12.8. The highest BCUT2D eigenvalue weighted by Crippen LogP contribution is 2.17. The van der Waals surface area contributed by atoms with Gasteiger partial charge in [-0.2, -0.15) is 0 Å². The van der Waals surface area contributed by atoms with E-state index in [-0.39, 0.29) is 17.7 Å². The smallest absolute Gasteiger partial charge is 0.350 e. The molecule has 0 radical (unpaired) electrons. The van der Waals surface area contributed by atoms with Crippen LogP contribution in [0.2, 0.25) is 0 Å². The molecule has 1 N–H and O–H groups in total. The number of aryl methyl sites for hydroxylation is 1. The van der Waals surface area contributed by atoms with Gasteiger partial charge in [-0.1, -0.05) is 18.2 Å². The number of fused-ring (bicyclic) bond motifs is 3. The maximum Gasteiger partial charge on any atom is 0.350 e. The van der Waals surface area contributed by atoms with E-state index in [1.807, 2.05) is 37.3 Å². The van der Waals surface area contributed by atoms with Crippen molar-refractivity contribution in [3.05, 3.63) is 46.4 Å². The average molecular weight is 340 g/mol. The number of carbonyl (C=O) groups is 1. The van der Waals surface area contributed by atoms with Crippen molar-refractivity contribution in [2.45, 2.75) is 32.4 Å². The van der Waals surface area contributed by atoms with Gasteiger partial charge in [-0.25, -0.2) is 13.9 Å². The van der Waals surface area contributed by atoms with Gasteiger partial charge in [0, 0.05) is 13.2 Å². The molecule has 0 aliphatic carbocycles. The van der Waals surface area contributed by atoms with Crippen LogP contribution in [0.15, 0.2) is 35.1 Å². The summed E-state index contributed by atoms with van der Waals surface area (Å²) in [7, 11) is 0. The molecule has 3 aromatic rings. The lowest BCUT2D eigenvalue weighted by molar-refractivity contribution is -0.130. The summed E-state index contributed by atoms with van der Waals surface area (Å²) in [5.41, 5.74) is 2.23. The van der Waals surface area contributed by atoms with Crippen molar-refractivity contribution < 1.29 is 9.53 Å². The van der Waals surface area contributed by atoms with E-state index in [4.69, 9.17) is 4.74 Å². The number of benzene rings is 1. The predicted octanol–water partition coefficient (Wildman–Crippen LogP) is 1.25. The van der Waals surface area contributed by atoms with E-state index < -0.39 is 0 Å². The molecule has 1 amide bonds. The Morgan fingerprint density at radius 2 is 2.24 bits per heavy atom. The zero-order chi connectivity index (χ0) is 17.4. The number of hydrogen-bond donors (Lipinski definition) is 1. The van der Waals surface area contributed by atoms with Gasteiger partial charge in [-0.3, -0.25) is 4.79 Å². The lowest BCUT2D eigenvalue weighted by atomic mass is 10.1. The Morgan fingerprint density at radius 1 is 1.40 bits per heavy atom. The van der Waals surface area contributed by atoms with Crippen LogP contribution in [0.25, 0.3) is 16.6 Å². The summed E-state index contributed by atoms with van der Waals surface area (Å²) in [5.74, 6) is -0.115. The van der Waals surface area contributed by atoms with Gasteiger partial charge in [0.15, 0.2) is 5.65 Å². The first-order valence-electron chi connectivity index (χ1n) is 8.52. The van der Waals surface area contributed by atoms with Gasteiger partial charge in [-0.05, 0) is 42.8 Å². The van der Waals surface area contributed by atoms with Gasteiger partial charge >= 0.3 is 5.69 Å². The number of amides is 1. The highest BCUT2D eigenvalue weighted by Gasteiger charge is 2.23. The lowest BCUT2D eigenvalue weighted by Gasteiger charge is -2.09. The molecule has 1 aliphatic rings. The second-order valence-electron chi connectivity index (χ2n) is 6.34. The van der Waals surface area contributed by atoms with Crippen LogP contribution in [0.3, 0.4) is 0 Å². The van der Waals surface area contributed by atoms with Crippen molar-refractivity contribution in [1.82, 2.24) is 19.5 Å². The van der Waals surface area contributed by atoms with Crippen molar-refractivity contribution in [3.63, 3.8) is 0 Å². The van der Waals surface area contributed by atoms with Gasteiger partial charge < -0.3 is 10.1 Å². The first-order chi connectivity index (χ1) is 12.1. The van der Waals surface area contributed by atoms with Crippen molar-refractivity contribution >= 4 is 22.5 Å². The predicted molar refractivity (Wildman–Crippen MR) is 93.7 cm³/mol.